The molecule has 3 aromatic rings. The Balaban J connectivity index is 2.23. The molecule has 1 atom stereocenters. The van der Waals surface area contributed by atoms with E-state index in [-0.39, 0.29) is 0 Å². The standard InChI is InChI=1S/C17H16N2O3/c1-11(17(20)21)19-15-6-4-3-5-14(15)18-16(19)12-7-9-13(22-2)10-8-12/h3-11H,1-2H3,(H,20,21). The summed E-state index contributed by atoms with van der Waals surface area (Å²) < 4.78 is 6.91. The van der Waals surface area contributed by atoms with E-state index in [1.165, 1.54) is 0 Å². The van der Waals surface area contributed by atoms with Gasteiger partial charge in [0.25, 0.3) is 0 Å². The van der Waals surface area contributed by atoms with E-state index in [1.807, 2.05) is 48.5 Å². The van der Waals surface area contributed by atoms with Gasteiger partial charge in [0.2, 0.25) is 0 Å². The molecule has 3 rings (SSSR count). The molecule has 0 spiro atoms. The lowest BCUT2D eigenvalue weighted by Gasteiger charge is -2.14. The zero-order valence-electron chi connectivity index (χ0n) is 12.4. The van der Waals surface area contributed by atoms with E-state index in [0.29, 0.717) is 5.82 Å². The van der Waals surface area contributed by atoms with Gasteiger partial charge >= 0.3 is 5.97 Å². The monoisotopic (exact) mass is 296 g/mol. The van der Waals surface area contributed by atoms with Gasteiger partial charge in [-0.3, -0.25) is 0 Å². The topological polar surface area (TPSA) is 64.4 Å². The first-order chi connectivity index (χ1) is 10.6. The van der Waals surface area contributed by atoms with Gasteiger partial charge in [-0.2, -0.15) is 0 Å². The van der Waals surface area contributed by atoms with Gasteiger partial charge in [-0.25, -0.2) is 9.78 Å². The van der Waals surface area contributed by atoms with Gasteiger partial charge in [0, 0.05) is 5.56 Å². The molecule has 0 amide bonds. The molecule has 0 saturated carbocycles. The fourth-order valence-electron chi connectivity index (χ4n) is 2.49. The third-order valence-electron chi connectivity index (χ3n) is 3.69. The summed E-state index contributed by atoms with van der Waals surface area (Å²) in [4.78, 5) is 16.1. The molecule has 2 aromatic carbocycles. The van der Waals surface area contributed by atoms with Crippen LogP contribution < -0.4 is 4.74 Å². The third kappa shape index (κ3) is 2.30. The zero-order valence-corrected chi connectivity index (χ0v) is 12.4. The normalized spacial score (nSPS) is 12.3. The van der Waals surface area contributed by atoms with Crippen LogP contribution in [0.3, 0.4) is 0 Å². The van der Waals surface area contributed by atoms with Crippen LogP contribution in [-0.4, -0.2) is 27.7 Å². The van der Waals surface area contributed by atoms with Crippen molar-refractivity contribution in [2.45, 2.75) is 13.0 Å². The highest BCUT2D eigenvalue weighted by Gasteiger charge is 2.21. The number of imidazole rings is 1. The molecule has 0 saturated heterocycles. The predicted octanol–water partition coefficient (Wildman–Crippen LogP) is 3.36. The molecule has 5 nitrogen and oxygen atoms in total. The molecular formula is C17H16N2O3. The smallest absolute Gasteiger partial charge is 0.326 e. The first-order valence-corrected chi connectivity index (χ1v) is 6.96. The molecule has 0 aliphatic rings. The number of rotatable bonds is 4. The number of carboxylic acids is 1. The summed E-state index contributed by atoms with van der Waals surface area (Å²) >= 11 is 0. The maximum absolute atomic E-state index is 11.5. The molecule has 0 radical (unpaired) electrons. The van der Waals surface area contributed by atoms with Gasteiger partial charge < -0.3 is 14.4 Å². The number of benzene rings is 2. The van der Waals surface area contributed by atoms with E-state index in [9.17, 15) is 9.90 Å². The number of methoxy groups -OCH3 is 1. The zero-order chi connectivity index (χ0) is 15.7. The van der Waals surface area contributed by atoms with Gasteiger partial charge in [0.15, 0.2) is 0 Å². The minimum absolute atomic E-state index is 0.638. The lowest BCUT2D eigenvalue weighted by molar-refractivity contribution is -0.140. The van der Waals surface area contributed by atoms with Crippen molar-refractivity contribution >= 4 is 17.0 Å². The number of carbonyl (C=O) groups is 1. The Morgan fingerprint density at radius 2 is 1.86 bits per heavy atom. The second-order valence-corrected chi connectivity index (χ2v) is 5.04. The largest absolute Gasteiger partial charge is 0.497 e. The molecule has 112 valence electrons. The highest BCUT2D eigenvalue weighted by atomic mass is 16.5. The number of fused-ring (bicyclic) bond motifs is 1. The average molecular weight is 296 g/mol. The number of hydrogen-bond acceptors (Lipinski definition) is 3. The predicted molar refractivity (Wildman–Crippen MR) is 84.1 cm³/mol. The first kappa shape index (κ1) is 14.1. The first-order valence-electron chi connectivity index (χ1n) is 6.96. The molecule has 0 fully saturated rings. The second-order valence-electron chi connectivity index (χ2n) is 5.04. The fourth-order valence-corrected chi connectivity index (χ4v) is 2.49. The van der Waals surface area contributed by atoms with Crippen LogP contribution in [-0.2, 0) is 4.79 Å². The molecule has 1 heterocycles. The van der Waals surface area contributed by atoms with Gasteiger partial charge in [-0.15, -0.1) is 0 Å². The maximum Gasteiger partial charge on any atom is 0.326 e. The third-order valence-corrected chi connectivity index (χ3v) is 3.69. The molecule has 1 aromatic heterocycles. The molecule has 0 aliphatic heterocycles. The van der Waals surface area contributed by atoms with Crippen molar-refractivity contribution in [2.24, 2.45) is 0 Å². The Kier molecular flexibility index (Phi) is 3.55. The van der Waals surface area contributed by atoms with Gasteiger partial charge in [-0.1, -0.05) is 12.1 Å². The number of nitrogens with zero attached hydrogens (tertiary/aromatic N) is 2. The fraction of sp³-hybridized carbons (Fsp3) is 0.176. The lowest BCUT2D eigenvalue weighted by atomic mass is 10.2. The Labute approximate surface area is 127 Å². The van der Waals surface area contributed by atoms with Crippen molar-refractivity contribution < 1.29 is 14.6 Å². The van der Waals surface area contributed by atoms with Crippen molar-refractivity contribution in [3.05, 3.63) is 48.5 Å². The van der Waals surface area contributed by atoms with Crippen molar-refractivity contribution in [3.63, 3.8) is 0 Å². The van der Waals surface area contributed by atoms with Crippen LogP contribution in [0.25, 0.3) is 22.4 Å². The van der Waals surface area contributed by atoms with Crippen molar-refractivity contribution in [1.29, 1.82) is 0 Å². The number of para-hydroxylation sites is 2. The summed E-state index contributed by atoms with van der Waals surface area (Å²) in [6.07, 6.45) is 0. The van der Waals surface area contributed by atoms with Crippen LogP contribution in [0.15, 0.2) is 48.5 Å². The van der Waals surface area contributed by atoms with Gasteiger partial charge in [0.05, 0.1) is 18.1 Å². The maximum atomic E-state index is 11.5. The molecule has 0 aliphatic carbocycles. The Bertz CT molecular complexity index is 822. The van der Waals surface area contributed by atoms with Crippen LogP contribution in [0.4, 0.5) is 0 Å². The number of aromatic nitrogens is 2. The van der Waals surface area contributed by atoms with E-state index < -0.39 is 12.0 Å². The Hall–Kier alpha value is -2.82. The van der Waals surface area contributed by atoms with Crippen molar-refractivity contribution in [3.8, 4) is 17.1 Å². The highest BCUT2D eigenvalue weighted by Crippen LogP contribution is 2.29. The highest BCUT2D eigenvalue weighted by molar-refractivity contribution is 5.84. The summed E-state index contributed by atoms with van der Waals surface area (Å²) in [7, 11) is 1.61. The number of ether oxygens (including phenoxy) is 1. The SMILES string of the molecule is COc1ccc(-c2nc3ccccc3n2C(C)C(=O)O)cc1. The Morgan fingerprint density at radius 3 is 2.50 bits per heavy atom. The molecule has 22 heavy (non-hydrogen) atoms. The van der Waals surface area contributed by atoms with Crippen LogP contribution in [0.2, 0.25) is 0 Å². The molecule has 1 unspecified atom stereocenters. The van der Waals surface area contributed by atoms with E-state index in [0.717, 1.165) is 22.3 Å². The van der Waals surface area contributed by atoms with E-state index in [2.05, 4.69) is 4.98 Å². The summed E-state index contributed by atoms with van der Waals surface area (Å²) in [5.74, 6) is 0.495. The molecular weight excluding hydrogens is 280 g/mol. The summed E-state index contributed by atoms with van der Waals surface area (Å²) in [6.45, 7) is 1.66. The quantitative estimate of drug-likeness (QED) is 0.802. The van der Waals surface area contributed by atoms with E-state index in [4.69, 9.17) is 4.74 Å². The molecule has 5 heteroatoms. The van der Waals surface area contributed by atoms with E-state index in [1.54, 1.807) is 18.6 Å². The van der Waals surface area contributed by atoms with E-state index >= 15 is 0 Å². The van der Waals surface area contributed by atoms with Gasteiger partial charge in [0.1, 0.15) is 17.6 Å². The summed E-state index contributed by atoms with van der Waals surface area (Å²) in [6, 6.07) is 14.3. The number of hydrogen-bond donors (Lipinski definition) is 1. The number of aliphatic carboxylic acids is 1. The van der Waals surface area contributed by atoms with Crippen LogP contribution in [0.1, 0.15) is 13.0 Å². The molecule has 0 bridgehead atoms. The molecule has 1 N–H and O–H groups in total. The van der Waals surface area contributed by atoms with Crippen LogP contribution in [0.5, 0.6) is 5.75 Å². The van der Waals surface area contributed by atoms with Crippen LogP contribution in [0, 0.1) is 0 Å². The average Bonchev–Trinajstić information content (AvgIpc) is 2.93. The number of carboxylic acid groups (broad SMARTS) is 1. The second kappa shape index (κ2) is 5.52. The summed E-state index contributed by atoms with van der Waals surface area (Å²) in [5, 5.41) is 9.40. The summed E-state index contributed by atoms with van der Waals surface area (Å²) in [5.41, 5.74) is 2.44. The Morgan fingerprint density at radius 1 is 1.18 bits per heavy atom. The minimum Gasteiger partial charge on any atom is -0.497 e. The van der Waals surface area contributed by atoms with Crippen LogP contribution >= 0.6 is 0 Å². The van der Waals surface area contributed by atoms with Crippen molar-refractivity contribution in [2.75, 3.05) is 7.11 Å². The van der Waals surface area contributed by atoms with Crippen molar-refractivity contribution in [1.82, 2.24) is 9.55 Å². The lowest BCUT2D eigenvalue weighted by Crippen LogP contribution is -2.16. The van der Waals surface area contributed by atoms with Gasteiger partial charge in [-0.05, 0) is 43.3 Å². The minimum atomic E-state index is -0.891.